The van der Waals surface area contributed by atoms with Crippen LogP contribution in [0, 0.1) is 10.1 Å². The van der Waals surface area contributed by atoms with Crippen molar-refractivity contribution in [3.8, 4) is 5.75 Å². The van der Waals surface area contributed by atoms with Gasteiger partial charge in [-0.1, -0.05) is 25.7 Å². The van der Waals surface area contributed by atoms with Crippen LogP contribution in [0.1, 0.15) is 44.1 Å². The molecule has 0 saturated heterocycles. The highest BCUT2D eigenvalue weighted by Crippen LogP contribution is 2.42. The maximum absolute atomic E-state index is 12.5. The van der Waals surface area contributed by atoms with E-state index < -0.39 is 22.4 Å². The summed E-state index contributed by atoms with van der Waals surface area (Å²) in [4.78, 5) is 39.5. The first kappa shape index (κ1) is 17.7. The van der Waals surface area contributed by atoms with Crippen LogP contribution in [0.4, 0.5) is 4.79 Å². The van der Waals surface area contributed by atoms with Crippen molar-refractivity contribution < 1.29 is 19.5 Å². The minimum absolute atomic E-state index is 0.000729. The van der Waals surface area contributed by atoms with Crippen molar-refractivity contribution in [2.75, 3.05) is 0 Å². The largest absolute Gasteiger partial charge is 0.369 e. The summed E-state index contributed by atoms with van der Waals surface area (Å²) in [5.41, 5.74) is 11.3. The lowest BCUT2D eigenvalue weighted by molar-refractivity contribution is -0.711. The van der Waals surface area contributed by atoms with Gasteiger partial charge >= 0.3 is 6.03 Å². The molecule has 0 unspecified atom stereocenters. The molecule has 1 fully saturated rings. The number of benzene rings is 1. The summed E-state index contributed by atoms with van der Waals surface area (Å²) in [5.74, 6) is -0.470. The van der Waals surface area contributed by atoms with Crippen LogP contribution in [0.3, 0.4) is 0 Å². The highest BCUT2D eigenvalue weighted by Gasteiger charge is 2.41. The molecular formula is C17H20N4O5. The third-order valence-electron chi connectivity index (χ3n) is 5.14. The second kappa shape index (κ2) is 6.66. The Morgan fingerprint density at radius 3 is 2.35 bits per heavy atom. The van der Waals surface area contributed by atoms with Crippen molar-refractivity contribution in [1.29, 1.82) is 0 Å². The molecule has 26 heavy (non-hydrogen) atoms. The van der Waals surface area contributed by atoms with E-state index in [1.54, 1.807) is 0 Å². The van der Waals surface area contributed by atoms with Crippen LogP contribution in [-0.4, -0.2) is 21.6 Å². The first-order chi connectivity index (χ1) is 12.3. The number of rotatable bonds is 4. The third kappa shape index (κ3) is 2.96. The van der Waals surface area contributed by atoms with Crippen LogP contribution in [0.15, 0.2) is 24.4 Å². The molecule has 138 valence electrons. The zero-order valence-corrected chi connectivity index (χ0v) is 14.1. The number of amides is 2. The fourth-order valence-corrected chi connectivity index (χ4v) is 3.90. The molecule has 2 aromatic rings. The average Bonchev–Trinajstić information content (AvgIpc) is 2.77. The highest BCUT2D eigenvalue weighted by molar-refractivity contribution is 5.99. The van der Waals surface area contributed by atoms with Crippen LogP contribution in [0.5, 0.6) is 5.75 Å². The Morgan fingerprint density at radius 2 is 1.81 bits per heavy atom. The Hall–Kier alpha value is -3.10. The number of carbonyl (C=O) groups excluding carboxylic acids is 2. The van der Waals surface area contributed by atoms with Crippen molar-refractivity contribution in [2.24, 2.45) is 11.5 Å². The van der Waals surface area contributed by atoms with Crippen LogP contribution in [-0.2, 0) is 10.2 Å². The Morgan fingerprint density at radius 1 is 1.15 bits per heavy atom. The van der Waals surface area contributed by atoms with Crippen molar-refractivity contribution in [3.63, 3.8) is 0 Å². The average molecular weight is 360 g/mol. The third-order valence-corrected chi connectivity index (χ3v) is 5.14. The molecule has 1 aromatic carbocycles. The normalized spacial score (nSPS) is 16.8. The SMILES string of the molecule is NC(=O)n1cc(C2(C(N)=O)CCCCCC2)c2cc(O[N+](=O)[O-])ccc21. The standard InChI is InChI=1S/C17H20N4O5/c18-15(22)17(7-3-1-2-4-8-17)13-10-20(16(19)23)14-6-5-11(9-12(13)14)26-21(24)25/h5-6,9-10H,1-4,7-8H2,(H2,18,22)(H2,19,23). The number of aromatic nitrogens is 1. The van der Waals surface area contributed by atoms with Gasteiger partial charge in [0.2, 0.25) is 5.91 Å². The summed E-state index contributed by atoms with van der Waals surface area (Å²) < 4.78 is 1.23. The minimum atomic E-state index is -0.942. The molecule has 4 N–H and O–H groups in total. The first-order valence-corrected chi connectivity index (χ1v) is 8.43. The van der Waals surface area contributed by atoms with Gasteiger partial charge in [0.25, 0.3) is 5.09 Å². The zero-order valence-electron chi connectivity index (χ0n) is 14.1. The predicted molar refractivity (Wildman–Crippen MR) is 93.1 cm³/mol. The molecule has 9 nitrogen and oxygen atoms in total. The predicted octanol–water partition coefficient (Wildman–Crippen LogP) is 2.22. The summed E-state index contributed by atoms with van der Waals surface area (Å²) >= 11 is 0. The number of hydrogen-bond acceptors (Lipinski definition) is 5. The molecule has 0 spiro atoms. The quantitative estimate of drug-likeness (QED) is 0.488. The molecule has 1 aliphatic rings. The fourth-order valence-electron chi connectivity index (χ4n) is 3.90. The Balaban J connectivity index is 2.26. The van der Waals surface area contributed by atoms with E-state index >= 15 is 0 Å². The monoisotopic (exact) mass is 360 g/mol. The molecule has 0 radical (unpaired) electrons. The number of hydrogen-bond donors (Lipinski definition) is 2. The van der Waals surface area contributed by atoms with Crippen molar-refractivity contribution >= 4 is 22.8 Å². The molecule has 1 saturated carbocycles. The van der Waals surface area contributed by atoms with Gasteiger partial charge in [-0.25, -0.2) is 4.79 Å². The van der Waals surface area contributed by atoms with Gasteiger partial charge < -0.3 is 11.5 Å². The number of nitrogens with zero attached hydrogens (tertiary/aromatic N) is 2. The number of fused-ring (bicyclic) bond motifs is 1. The van der Waals surface area contributed by atoms with Gasteiger partial charge in [0.15, 0.2) is 0 Å². The first-order valence-electron chi connectivity index (χ1n) is 8.43. The molecule has 0 aliphatic heterocycles. The van der Waals surface area contributed by atoms with Gasteiger partial charge in [-0.3, -0.25) is 14.2 Å². The van der Waals surface area contributed by atoms with E-state index in [0.29, 0.717) is 29.3 Å². The maximum Gasteiger partial charge on any atom is 0.323 e. The van der Waals surface area contributed by atoms with Crippen LogP contribution in [0.25, 0.3) is 10.9 Å². The van der Waals surface area contributed by atoms with E-state index in [2.05, 4.69) is 4.84 Å². The lowest BCUT2D eigenvalue weighted by Crippen LogP contribution is -2.40. The van der Waals surface area contributed by atoms with Crippen molar-refractivity contribution in [1.82, 2.24) is 4.57 Å². The second-order valence-corrected chi connectivity index (χ2v) is 6.61. The summed E-state index contributed by atoms with van der Waals surface area (Å²) in [6, 6.07) is 3.62. The van der Waals surface area contributed by atoms with E-state index in [0.717, 1.165) is 25.7 Å². The molecule has 9 heteroatoms. The van der Waals surface area contributed by atoms with E-state index in [1.807, 2.05) is 0 Å². The number of primary amides is 2. The van der Waals surface area contributed by atoms with Gasteiger partial charge in [0.1, 0.15) is 5.75 Å². The summed E-state index contributed by atoms with van der Waals surface area (Å²) in [6.07, 6.45) is 6.30. The minimum Gasteiger partial charge on any atom is -0.369 e. The number of nitrogens with two attached hydrogens (primary N) is 2. The molecule has 1 aromatic heterocycles. The Kier molecular flexibility index (Phi) is 4.54. The van der Waals surface area contributed by atoms with Gasteiger partial charge in [0, 0.05) is 11.6 Å². The number of carbonyl (C=O) groups is 2. The maximum atomic E-state index is 12.5. The molecule has 0 bridgehead atoms. The molecule has 1 aliphatic carbocycles. The second-order valence-electron chi connectivity index (χ2n) is 6.61. The molecular weight excluding hydrogens is 340 g/mol. The molecule has 0 atom stereocenters. The van der Waals surface area contributed by atoms with Gasteiger partial charge in [-0.05, 0) is 36.6 Å². The Bertz CT molecular complexity index is 881. The van der Waals surface area contributed by atoms with Gasteiger partial charge in [-0.15, -0.1) is 10.1 Å². The van der Waals surface area contributed by atoms with E-state index in [-0.39, 0.29) is 5.75 Å². The van der Waals surface area contributed by atoms with Crippen LogP contribution < -0.4 is 16.3 Å². The van der Waals surface area contributed by atoms with E-state index in [1.165, 1.54) is 29.0 Å². The van der Waals surface area contributed by atoms with Crippen molar-refractivity contribution in [3.05, 3.63) is 40.1 Å². The van der Waals surface area contributed by atoms with Crippen LogP contribution in [0.2, 0.25) is 0 Å². The summed E-state index contributed by atoms with van der Waals surface area (Å²) in [6.45, 7) is 0. The fraction of sp³-hybridized carbons (Fsp3) is 0.412. The highest BCUT2D eigenvalue weighted by atomic mass is 17.0. The van der Waals surface area contributed by atoms with Crippen molar-refractivity contribution in [2.45, 2.75) is 43.9 Å². The van der Waals surface area contributed by atoms with Gasteiger partial charge in [-0.2, -0.15) is 0 Å². The Labute approximate surface area is 149 Å². The zero-order chi connectivity index (χ0) is 18.9. The summed E-state index contributed by atoms with van der Waals surface area (Å²) in [5, 5.41) is 10.2. The molecule has 3 rings (SSSR count). The lowest BCUT2D eigenvalue weighted by Gasteiger charge is -2.29. The molecule has 2 amide bonds. The van der Waals surface area contributed by atoms with Crippen LogP contribution >= 0.6 is 0 Å². The lowest BCUT2D eigenvalue weighted by atomic mass is 9.73. The van der Waals surface area contributed by atoms with E-state index in [4.69, 9.17) is 11.5 Å². The van der Waals surface area contributed by atoms with Gasteiger partial charge in [0.05, 0.1) is 10.9 Å². The summed E-state index contributed by atoms with van der Waals surface area (Å²) in [7, 11) is 0. The van der Waals surface area contributed by atoms with E-state index in [9.17, 15) is 19.7 Å². The topological polar surface area (TPSA) is 143 Å². The molecule has 1 heterocycles. The smallest absolute Gasteiger partial charge is 0.323 e.